The topological polar surface area (TPSA) is 55.1 Å². The van der Waals surface area contributed by atoms with Gasteiger partial charge in [-0.25, -0.2) is 0 Å². The molecular formula is C17H26N2O. The summed E-state index contributed by atoms with van der Waals surface area (Å²) in [6.07, 6.45) is 3.35. The lowest BCUT2D eigenvalue weighted by Crippen LogP contribution is -2.47. The summed E-state index contributed by atoms with van der Waals surface area (Å²) in [4.78, 5) is 12.6. The van der Waals surface area contributed by atoms with Gasteiger partial charge >= 0.3 is 0 Å². The number of benzene rings is 1. The van der Waals surface area contributed by atoms with E-state index in [1.807, 2.05) is 26.0 Å². The van der Waals surface area contributed by atoms with Crippen molar-refractivity contribution in [3.05, 3.63) is 35.4 Å². The molecule has 1 fully saturated rings. The third kappa shape index (κ3) is 3.04. The van der Waals surface area contributed by atoms with E-state index in [0.29, 0.717) is 12.5 Å². The minimum atomic E-state index is -0.505. The molecule has 3 nitrogen and oxygen atoms in total. The monoisotopic (exact) mass is 274 g/mol. The molecule has 0 bridgehead atoms. The Morgan fingerprint density at radius 1 is 1.30 bits per heavy atom. The summed E-state index contributed by atoms with van der Waals surface area (Å²) in [7, 11) is 0. The molecule has 1 amide bonds. The second-order valence-electron chi connectivity index (χ2n) is 6.50. The fourth-order valence-corrected chi connectivity index (χ4v) is 2.96. The van der Waals surface area contributed by atoms with Crippen molar-refractivity contribution in [3.8, 4) is 0 Å². The Balaban J connectivity index is 2.09. The Kier molecular flexibility index (Phi) is 4.48. The van der Waals surface area contributed by atoms with Crippen molar-refractivity contribution < 1.29 is 4.79 Å². The first kappa shape index (κ1) is 15.0. The van der Waals surface area contributed by atoms with Crippen molar-refractivity contribution in [2.75, 3.05) is 6.54 Å². The molecule has 0 aliphatic heterocycles. The van der Waals surface area contributed by atoms with Gasteiger partial charge in [0.05, 0.1) is 5.41 Å². The van der Waals surface area contributed by atoms with E-state index in [1.54, 1.807) is 0 Å². The molecule has 1 aromatic carbocycles. The Labute approximate surface area is 121 Å². The molecule has 1 saturated carbocycles. The lowest BCUT2D eigenvalue weighted by Gasteiger charge is -2.28. The van der Waals surface area contributed by atoms with Crippen LogP contribution in [0.5, 0.6) is 0 Å². The van der Waals surface area contributed by atoms with E-state index in [-0.39, 0.29) is 11.9 Å². The first-order valence-corrected chi connectivity index (χ1v) is 7.53. The summed E-state index contributed by atoms with van der Waals surface area (Å²) < 4.78 is 0. The van der Waals surface area contributed by atoms with Crippen LogP contribution >= 0.6 is 0 Å². The zero-order chi connectivity index (χ0) is 14.8. The molecule has 1 aromatic rings. The van der Waals surface area contributed by atoms with Crippen LogP contribution < -0.4 is 11.1 Å². The van der Waals surface area contributed by atoms with Gasteiger partial charge in [-0.1, -0.05) is 36.2 Å². The lowest BCUT2D eigenvalue weighted by molar-refractivity contribution is -0.126. The van der Waals surface area contributed by atoms with E-state index in [2.05, 4.69) is 24.4 Å². The largest absolute Gasteiger partial charge is 0.352 e. The maximum Gasteiger partial charge on any atom is 0.230 e. The van der Waals surface area contributed by atoms with Crippen molar-refractivity contribution in [1.29, 1.82) is 0 Å². The maximum atomic E-state index is 12.6. The first-order chi connectivity index (χ1) is 9.45. The highest BCUT2D eigenvalue weighted by atomic mass is 16.2. The van der Waals surface area contributed by atoms with Crippen molar-refractivity contribution in [2.24, 2.45) is 11.7 Å². The molecule has 110 valence electrons. The highest BCUT2D eigenvalue weighted by Gasteiger charge is 2.34. The second-order valence-corrected chi connectivity index (χ2v) is 6.50. The Hall–Kier alpha value is -1.35. The molecule has 0 saturated heterocycles. The number of hydrogen-bond acceptors (Lipinski definition) is 2. The molecule has 1 aliphatic carbocycles. The van der Waals surface area contributed by atoms with Gasteiger partial charge in [-0.3, -0.25) is 4.79 Å². The fourth-order valence-electron chi connectivity index (χ4n) is 2.96. The SMILES string of the molecule is Cc1ccc(C(C)(C)C(=O)NC2CCCC2CN)cc1. The van der Waals surface area contributed by atoms with Crippen LogP contribution in [0.15, 0.2) is 24.3 Å². The van der Waals surface area contributed by atoms with Gasteiger partial charge in [-0.2, -0.15) is 0 Å². The number of aryl methyl sites for hydroxylation is 1. The summed E-state index contributed by atoms with van der Waals surface area (Å²) in [5.41, 5.74) is 7.55. The van der Waals surface area contributed by atoms with Crippen molar-refractivity contribution in [1.82, 2.24) is 5.32 Å². The number of hydrogen-bond donors (Lipinski definition) is 2. The minimum Gasteiger partial charge on any atom is -0.352 e. The highest BCUT2D eigenvalue weighted by Crippen LogP contribution is 2.28. The smallest absolute Gasteiger partial charge is 0.230 e. The summed E-state index contributed by atoms with van der Waals surface area (Å²) in [5, 5.41) is 3.21. The molecule has 0 radical (unpaired) electrons. The van der Waals surface area contributed by atoms with Crippen LogP contribution in [0.3, 0.4) is 0 Å². The van der Waals surface area contributed by atoms with Crippen molar-refractivity contribution in [2.45, 2.75) is 51.5 Å². The lowest BCUT2D eigenvalue weighted by atomic mass is 9.83. The van der Waals surface area contributed by atoms with Crippen molar-refractivity contribution in [3.63, 3.8) is 0 Å². The molecule has 0 aromatic heterocycles. The van der Waals surface area contributed by atoms with Crippen LogP contribution in [-0.4, -0.2) is 18.5 Å². The normalized spacial score (nSPS) is 22.8. The fraction of sp³-hybridized carbons (Fsp3) is 0.588. The first-order valence-electron chi connectivity index (χ1n) is 7.53. The van der Waals surface area contributed by atoms with E-state index in [0.717, 1.165) is 24.8 Å². The standard InChI is InChI=1S/C17H26N2O/c1-12-7-9-14(10-8-12)17(2,3)16(20)19-15-6-4-5-13(15)11-18/h7-10,13,15H,4-6,11,18H2,1-3H3,(H,19,20). The number of carbonyl (C=O) groups is 1. The molecule has 2 atom stereocenters. The molecule has 20 heavy (non-hydrogen) atoms. The van der Waals surface area contributed by atoms with Crippen LogP contribution in [-0.2, 0) is 10.2 Å². The third-order valence-corrected chi connectivity index (χ3v) is 4.62. The van der Waals surface area contributed by atoms with Crippen LogP contribution in [0.2, 0.25) is 0 Å². The van der Waals surface area contributed by atoms with Crippen LogP contribution in [0.1, 0.15) is 44.2 Å². The summed E-state index contributed by atoms with van der Waals surface area (Å²) in [5.74, 6) is 0.541. The van der Waals surface area contributed by atoms with Gasteiger partial charge in [-0.05, 0) is 51.6 Å². The van der Waals surface area contributed by atoms with Crippen molar-refractivity contribution >= 4 is 5.91 Å². The molecule has 2 rings (SSSR count). The van der Waals surface area contributed by atoms with Gasteiger partial charge < -0.3 is 11.1 Å². The molecule has 1 aliphatic rings. The zero-order valence-electron chi connectivity index (χ0n) is 12.8. The quantitative estimate of drug-likeness (QED) is 0.886. The van der Waals surface area contributed by atoms with Gasteiger partial charge in [0.25, 0.3) is 0 Å². The van der Waals surface area contributed by atoms with E-state index in [4.69, 9.17) is 5.73 Å². The van der Waals surface area contributed by atoms with Crippen LogP contribution in [0.4, 0.5) is 0 Å². The molecule has 2 unspecified atom stereocenters. The Bertz CT molecular complexity index is 464. The summed E-state index contributed by atoms with van der Waals surface area (Å²) >= 11 is 0. The van der Waals surface area contributed by atoms with E-state index < -0.39 is 5.41 Å². The van der Waals surface area contributed by atoms with E-state index >= 15 is 0 Å². The van der Waals surface area contributed by atoms with Gasteiger partial charge in [0.1, 0.15) is 0 Å². The van der Waals surface area contributed by atoms with Crippen LogP contribution in [0, 0.1) is 12.8 Å². The second kappa shape index (κ2) is 5.96. The zero-order valence-corrected chi connectivity index (χ0v) is 12.8. The van der Waals surface area contributed by atoms with Gasteiger partial charge in [0, 0.05) is 6.04 Å². The predicted octanol–water partition coefficient (Wildman–Crippen LogP) is 2.52. The molecule has 3 N–H and O–H groups in total. The number of rotatable bonds is 4. The minimum absolute atomic E-state index is 0.103. The third-order valence-electron chi connectivity index (χ3n) is 4.62. The van der Waals surface area contributed by atoms with Gasteiger partial charge in [0.15, 0.2) is 0 Å². The molecule has 3 heteroatoms. The number of carbonyl (C=O) groups excluding carboxylic acids is 1. The number of amides is 1. The van der Waals surface area contributed by atoms with E-state index in [9.17, 15) is 4.79 Å². The number of nitrogens with two attached hydrogens (primary N) is 1. The van der Waals surface area contributed by atoms with E-state index in [1.165, 1.54) is 5.56 Å². The average molecular weight is 274 g/mol. The predicted molar refractivity (Wildman–Crippen MR) is 82.5 cm³/mol. The highest BCUT2D eigenvalue weighted by molar-refractivity contribution is 5.87. The summed E-state index contributed by atoms with van der Waals surface area (Å²) in [6.45, 7) is 6.69. The Morgan fingerprint density at radius 2 is 1.95 bits per heavy atom. The maximum absolute atomic E-state index is 12.6. The molecular weight excluding hydrogens is 248 g/mol. The molecule has 0 spiro atoms. The summed E-state index contributed by atoms with van der Waals surface area (Å²) in [6, 6.07) is 8.45. The molecule has 0 heterocycles. The van der Waals surface area contributed by atoms with Crippen LogP contribution in [0.25, 0.3) is 0 Å². The number of nitrogens with one attached hydrogen (secondary N) is 1. The Morgan fingerprint density at radius 3 is 2.55 bits per heavy atom. The van der Waals surface area contributed by atoms with Gasteiger partial charge in [0.2, 0.25) is 5.91 Å². The average Bonchev–Trinajstić information content (AvgIpc) is 2.86. The van der Waals surface area contributed by atoms with Gasteiger partial charge in [-0.15, -0.1) is 0 Å².